The van der Waals surface area contributed by atoms with Crippen LogP contribution in [0.1, 0.15) is 29.8 Å². The standard InChI is InChI=1S/C16H27N5O/c1-18-7-4-8-20(3)16(12-18)5-9-21(10-6-16)15(22)14-11-19(2)13-17-14/h11,13H,4-10,12H2,1-3H3. The van der Waals surface area contributed by atoms with Gasteiger partial charge in [-0.05, 0) is 46.4 Å². The lowest BCUT2D eigenvalue weighted by Crippen LogP contribution is -2.58. The molecule has 3 rings (SSSR count). The fraction of sp³-hybridized carbons (Fsp3) is 0.750. The van der Waals surface area contributed by atoms with Gasteiger partial charge in [0.2, 0.25) is 0 Å². The zero-order valence-corrected chi connectivity index (χ0v) is 14.0. The van der Waals surface area contributed by atoms with Gasteiger partial charge in [0.1, 0.15) is 5.69 Å². The summed E-state index contributed by atoms with van der Waals surface area (Å²) in [6.07, 6.45) is 6.81. The summed E-state index contributed by atoms with van der Waals surface area (Å²) < 4.78 is 1.83. The summed E-state index contributed by atoms with van der Waals surface area (Å²) in [7, 11) is 6.35. The van der Waals surface area contributed by atoms with Gasteiger partial charge in [0.15, 0.2) is 0 Å². The third kappa shape index (κ3) is 2.90. The van der Waals surface area contributed by atoms with Crippen molar-refractivity contribution in [3.8, 4) is 0 Å². The Morgan fingerprint density at radius 3 is 2.50 bits per heavy atom. The van der Waals surface area contributed by atoms with Crippen molar-refractivity contribution in [2.75, 3.05) is 46.8 Å². The maximum atomic E-state index is 12.5. The molecule has 1 aromatic rings. The number of likely N-dealkylation sites (N-methyl/N-ethyl adjacent to an activating group) is 2. The van der Waals surface area contributed by atoms with Crippen LogP contribution in [0.15, 0.2) is 12.5 Å². The van der Waals surface area contributed by atoms with E-state index in [0.717, 1.165) is 39.0 Å². The van der Waals surface area contributed by atoms with E-state index in [1.54, 1.807) is 12.5 Å². The number of hydrogen-bond acceptors (Lipinski definition) is 4. The van der Waals surface area contributed by atoms with Gasteiger partial charge in [0, 0.05) is 38.4 Å². The fourth-order valence-electron chi connectivity index (χ4n) is 3.87. The number of piperidine rings is 1. The van der Waals surface area contributed by atoms with Crippen molar-refractivity contribution in [1.82, 2.24) is 24.3 Å². The van der Waals surface area contributed by atoms with Gasteiger partial charge in [0.05, 0.1) is 6.33 Å². The number of likely N-dealkylation sites (tertiary alicyclic amines) is 1. The van der Waals surface area contributed by atoms with Crippen molar-refractivity contribution in [3.63, 3.8) is 0 Å². The number of amides is 1. The van der Waals surface area contributed by atoms with Crippen LogP contribution in [0.25, 0.3) is 0 Å². The number of nitrogens with zero attached hydrogens (tertiary/aromatic N) is 5. The molecule has 22 heavy (non-hydrogen) atoms. The molecule has 1 amide bonds. The molecule has 0 aromatic carbocycles. The van der Waals surface area contributed by atoms with E-state index in [0.29, 0.717) is 5.69 Å². The Bertz CT molecular complexity index is 532. The van der Waals surface area contributed by atoms with Gasteiger partial charge in [0.25, 0.3) is 5.91 Å². The highest BCUT2D eigenvalue weighted by molar-refractivity contribution is 5.92. The van der Waals surface area contributed by atoms with Crippen molar-refractivity contribution in [1.29, 1.82) is 0 Å². The summed E-state index contributed by atoms with van der Waals surface area (Å²) in [6.45, 7) is 5.08. The van der Waals surface area contributed by atoms with E-state index in [2.05, 4.69) is 28.9 Å². The van der Waals surface area contributed by atoms with Crippen LogP contribution >= 0.6 is 0 Å². The quantitative estimate of drug-likeness (QED) is 0.765. The molecule has 0 saturated carbocycles. The smallest absolute Gasteiger partial charge is 0.274 e. The number of aryl methyl sites for hydroxylation is 1. The van der Waals surface area contributed by atoms with Gasteiger partial charge in [-0.15, -0.1) is 0 Å². The van der Waals surface area contributed by atoms with Crippen molar-refractivity contribution < 1.29 is 4.79 Å². The van der Waals surface area contributed by atoms with E-state index in [1.807, 2.05) is 16.5 Å². The van der Waals surface area contributed by atoms with E-state index >= 15 is 0 Å². The molecule has 6 heteroatoms. The minimum atomic E-state index is 0.0695. The fourth-order valence-corrected chi connectivity index (χ4v) is 3.87. The van der Waals surface area contributed by atoms with E-state index < -0.39 is 0 Å². The second-order valence-corrected chi connectivity index (χ2v) is 6.95. The molecular formula is C16H27N5O. The molecule has 0 unspecified atom stereocenters. The first kappa shape index (κ1) is 15.5. The van der Waals surface area contributed by atoms with E-state index in [9.17, 15) is 4.79 Å². The zero-order chi connectivity index (χ0) is 15.7. The maximum Gasteiger partial charge on any atom is 0.274 e. The molecule has 6 nitrogen and oxygen atoms in total. The van der Waals surface area contributed by atoms with Crippen LogP contribution in [0.5, 0.6) is 0 Å². The molecule has 2 aliphatic heterocycles. The number of imidazole rings is 1. The normalized spacial score (nSPS) is 23.7. The van der Waals surface area contributed by atoms with Crippen LogP contribution in [-0.4, -0.2) is 82.5 Å². The van der Waals surface area contributed by atoms with Crippen molar-refractivity contribution in [2.45, 2.75) is 24.8 Å². The van der Waals surface area contributed by atoms with Crippen molar-refractivity contribution in [2.24, 2.45) is 7.05 Å². The molecular weight excluding hydrogens is 278 g/mol. The largest absolute Gasteiger partial charge is 0.340 e. The second kappa shape index (κ2) is 6.01. The Labute approximate surface area is 132 Å². The molecule has 2 saturated heterocycles. The Balaban J connectivity index is 1.67. The van der Waals surface area contributed by atoms with Crippen LogP contribution in [-0.2, 0) is 7.05 Å². The van der Waals surface area contributed by atoms with Crippen LogP contribution in [0, 0.1) is 0 Å². The van der Waals surface area contributed by atoms with Crippen LogP contribution in [0.3, 0.4) is 0 Å². The molecule has 1 spiro atoms. The third-order valence-corrected chi connectivity index (χ3v) is 5.31. The predicted molar refractivity (Wildman–Crippen MR) is 85.8 cm³/mol. The minimum Gasteiger partial charge on any atom is -0.340 e. The Hall–Kier alpha value is -1.40. The molecule has 0 radical (unpaired) electrons. The number of aromatic nitrogens is 2. The first-order valence-corrected chi connectivity index (χ1v) is 8.17. The average Bonchev–Trinajstić information content (AvgIpc) is 2.88. The van der Waals surface area contributed by atoms with E-state index in [4.69, 9.17) is 0 Å². The molecule has 0 N–H and O–H groups in total. The zero-order valence-electron chi connectivity index (χ0n) is 14.0. The van der Waals surface area contributed by atoms with Gasteiger partial charge in [-0.25, -0.2) is 4.98 Å². The van der Waals surface area contributed by atoms with Gasteiger partial charge in [-0.3, -0.25) is 9.69 Å². The Morgan fingerprint density at radius 2 is 1.86 bits per heavy atom. The molecule has 3 heterocycles. The molecule has 1 aromatic heterocycles. The summed E-state index contributed by atoms with van der Waals surface area (Å²) >= 11 is 0. The number of carbonyl (C=O) groups excluding carboxylic acids is 1. The highest BCUT2D eigenvalue weighted by atomic mass is 16.2. The molecule has 0 atom stereocenters. The molecule has 0 aliphatic carbocycles. The van der Waals surface area contributed by atoms with Gasteiger partial charge in [-0.1, -0.05) is 0 Å². The van der Waals surface area contributed by atoms with Gasteiger partial charge >= 0.3 is 0 Å². The second-order valence-electron chi connectivity index (χ2n) is 6.95. The van der Waals surface area contributed by atoms with E-state index in [1.165, 1.54) is 13.0 Å². The van der Waals surface area contributed by atoms with Gasteiger partial charge < -0.3 is 14.4 Å². The van der Waals surface area contributed by atoms with Crippen LogP contribution < -0.4 is 0 Å². The van der Waals surface area contributed by atoms with Crippen LogP contribution in [0.2, 0.25) is 0 Å². The minimum absolute atomic E-state index is 0.0695. The Morgan fingerprint density at radius 1 is 1.14 bits per heavy atom. The Kier molecular flexibility index (Phi) is 4.23. The predicted octanol–water partition coefficient (Wildman–Crippen LogP) is 0.662. The monoisotopic (exact) mass is 305 g/mol. The third-order valence-electron chi connectivity index (χ3n) is 5.31. The summed E-state index contributed by atoms with van der Waals surface area (Å²) in [5.74, 6) is 0.0695. The number of hydrogen-bond donors (Lipinski definition) is 0. The lowest BCUT2D eigenvalue weighted by atomic mass is 9.85. The molecule has 2 fully saturated rings. The van der Waals surface area contributed by atoms with Crippen molar-refractivity contribution in [3.05, 3.63) is 18.2 Å². The summed E-state index contributed by atoms with van der Waals surface area (Å²) in [5, 5.41) is 0. The SMILES string of the molecule is CN1CCCN(C)C2(CCN(C(=O)c3cn(C)cn3)CC2)C1. The number of rotatable bonds is 1. The molecule has 2 aliphatic rings. The van der Waals surface area contributed by atoms with Crippen molar-refractivity contribution >= 4 is 5.91 Å². The highest BCUT2D eigenvalue weighted by Gasteiger charge is 2.41. The summed E-state index contributed by atoms with van der Waals surface area (Å²) in [5.41, 5.74) is 0.788. The summed E-state index contributed by atoms with van der Waals surface area (Å²) in [6, 6.07) is 0. The first-order chi connectivity index (χ1) is 10.5. The lowest BCUT2D eigenvalue weighted by molar-refractivity contribution is 0.0279. The van der Waals surface area contributed by atoms with Crippen LogP contribution in [0.4, 0.5) is 0 Å². The lowest BCUT2D eigenvalue weighted by Gasteiger charge is -2.47. The molecule has 122 valence electrons. The molecule has 0 bridgehead atoms. The van der Waals surface area contributed by atoms with Gasteiger partial charge in [-0.2, -0.15) is 0 Å². The number of carbonyl (C=O) groups is 1. The average molecular weight is 305 g/mol. The first-order valence-electron chi connectivity index (χ1n) is 8.17. The maximum absolute atomic E-state index is 12.5. The topological polar surface area (TPSA) is 44.6 Å². The summed E-state index contributed by atoms with van der Waals surface area (Å²) in [4.78, 5) is 23.6. The highest BCUT2D eigenvalue weighted by Crippen LogP contribution is 2.31. The van der Waals surface area contributed by atoms with E-state index in [-0.39, 0.29) is 11.4 Å².